The van der Waals surface area contributed by atoms with Crippen LogP contribution in [0.5, 0.6) is 0 Å². The zero-order valence-electron chi connectivity index (χ0n) is 19.5. The third-order valence-corrected chi connectivity index (χ3v) is 5.46. The molecule has 4 amide bonds. The summed E-state index contributed by atoms with van der Waals surface area (Å²) in [6.07, 6.45) is 0.152. The van der Waals surface area contributed by atoms with Crippen LogP contribution in [0, 0.1) is 5.92 Å². The van der Waals surface area contributed by atoms with Crippen molar-refractivity contribution in [2.45, 2.75) is 83.0 Å². The molecule has 1 aliphatic heterocycles. The summed E-state index contributed by atoms with van der Waals surface area (Å²) in [5.41, 5.74) is 10.9. The fraction of sp³-hybridized carbons (Fsp3) is 0.714. The molecule has 1 aliphatic rings. The van der Waals surface area contributed by atoms with Gasteiger partial charge in [0.25, 0.3) is 0 Å². The lowest BCUT2D eigenvalue weighted by Crippen LogP contribution is -2.57. The second kappa shape index (κ2) is 13.5. The van der Waals surface area contributed by atoms with Crippen LogP contribution in [0.3, 0.4) is 0 Å². The maximum atomic E-state index is 13.2. The fourth-order valence-corrected chi connectivity index (χ4v) is 3.70. The fourth-order valence-electron chi connectivity index (χ4n) is 3.70. The minimum atomic E-state index is -1.21. The van der Waals surface area contributed by atoms with Gasteiger partial charge in [0.15, 0.2) is 0 Å². The number of primary amides is 1. The Balaban J connectivity index is 2.96. The molecule has 13 heteroatoms. The molecule has 0 aromatic carbocycles. The highest BCUT2D eigenvalue weighted by Crippen LogP contribution is 2.20. The van der Waals surface area contributed by atoms with E-state index in [2.05, 4.69) is 10.6 Å². The normalized spacial score (nSPS) is 18.1. The van der Waals surface area contributed by atoms with E-state index in [1.54, 1.807) is 0 Å². The molecular weight excluding hydrogens is 450 g/mol. The van der Waals surface area contributed by atoms with Gasteiger partial charge < -0.3 is 37.2 Å². The highest BCUT2D eigenvalue weighted by Gasteiger charge is 2.39. The van der Waals surface area contributed by atoms with Gasteiger partial charge in [0.1, 0.15) is 18.1 Å². The van der Waals surface area contributed by atoms with Crippen molar-refractivity contribution >= 4 is 35.6 Å². The summed E-state index contributed by atoms with van der Waals surface area (Å²) in [4.78, 5) is 73.2. The number of carbonyl (C=O) groups excluding carboxylic acids is 4. The zero-order chi connectivity index (χ0) is 26.0. The van der Waals surface area contributed by atoms with Gasteiger partial charge >= 0.3 is 11.9 Å². The van der Waals surface area contributed by atoms with Gasteiger partial charge in [-0.05, 0) is 38.0 Å². The maximum Gasteiger partial charge on any atom is 0.326 e. The molecule has 13 nitrogen and oxygen atoms in total. The van der Waals surface area contributed by atoms with Gasteiger partial charge in [0.05, 0.1) is 6.04 Å². The molecule has 0 saturated carbocycles. The van der Waals surface area contributed by atoms with Crippen molar-refractivity contribution in [3.8, 4) is 0 Å². The van der Waals surface area contributed by atoms with Crippen LogP contribution in [0.1, 0.15) is 58.8 Å². The molecule has 1 saturated heterocycles. The highest BCUT2D eigenvalue weighted by atomic mass is 16.4. The summed E-state index contributed by atoms with van der Waals surface area (Å²) in [5.74, 6) is -5.01. The molecule has 8 N–H and O–H groups in total. The minimum Gasteiger partial charge on any atom is -0.481 e. The molecule has 0 bridgehead atoms. The summed E-state index contributed by atoms with van der Waals surface area (Å²) in [6.45, 7) is 3.84. The summed E-state index contributed by atoms with van der Waals surface area (Å²) in [7, 11) is 0. The molecule has 0 aromatic rings. The SMILES string of the molecule is CC(C)CC(NC(=O)C1CCCN1C(=O)C(CCC(N)=O)NC(=O)C(N)CCC(=O)O)C(=O)O. The molecular formula is C21H35N5O8. The number of carbonyl (C=O) groups is 6. The third-order valence-electron chi connectivity index (χ3n) is 5.46. The van der Waals surface area contributed by atoms with Crippen LogP contribution in [0.2, 0.25) is 0 Å². The molecule has 34 heavy (non-hydrogen) atoms. The Hall–Kier alpha value is -3.22. The number of carboxylic acid groups (broad SMARTS) is 2. The first-order valence-corrected chi connectivity index (χ1v) is 11.2. The largest absolute Gasteiger partial charge is 0.481 e. The number of aliphatic carboxylic acids is 2. The number of hydrogen-bond acceptors (Lipinski definition) is 7. The molecule has 0 radical (unpaired) electrons. The van der Waals surface area contributed by atoms with E-state index in [9.17, 15) is 33.9 Å². The standard InChI is InChI=1S/C21H35N5O8/c1-11(2)10-14(21(33)34)25-19(31)15-4-3-9-26(15)20(32)13(6-7-16(23)27)24-18(30)12(22)5-8-17(28)29/h11-15H,3-10,22H2,1-2H3,(H2,23,27)(H,24,30)(H,25,31)(H,28,29)(H,33,34). The number of likely N-dealkylation sites (tertiary alicyclic amines) is 1. The second-order valence-electron chi connectivity index (χ2n) is 8.82. The predicted molar refractivity (Wildman–Crippen MR) is 119 cm³/mol. The molecule has 192 valence electrons. The Bertz CT molecular complexity index is 787. The predicted octanol–water partition coefficient (Wildman–Crippen LogP) is -1.46. The first-order valence-electron chi connectivity index (χ1n) is 11.2. The van der Waals surface area contributed by atoms with Gasteiger partial charge in [0, 0.05) is 19.4 Å². The van der Waals surface area contributed by atoms with Crippen LogP contribution < -0.4 is 22.1 Å². The molecule has 1 heterocycles. The van der Waals surface area contributed by atoms with Gasteiger partial charge in [-0.3, -0.25) is 24.0 Å². The smallest absolute Gasteiger partial charge is 0.326 e. The summed E-state index contributed by atoms with van der Waals surface area (Å²) in [6, 6.07) is -4.45. The van der Waals surface area contributed by atoms with E-state index in [0.29, 0.717) is 12.8 Å². The Morgan fingerprint density at radius 2 is 1.65 bits per heavy atom. The molecule has 4 atom stereocenters. The van der Waals surface area contributed by atoms with Gasteiger partial charge in [0.2, 0.25) is 23.6 Å². The Labute approximate surface area is 197 Å². The number of nitrogens with zero attached hydrogens (tertiary/aromatic N) is 1. The number of nitrogens with two attached hydrogens (primary N) is 2. The Kier molecular flexibility index (Phi) is 11.4. The van der Waals surface area contributed by atoms with Crippen molar-refractivity contribution in [1.29, 1.82) is 0 Å². The number of rotatable bonds is 14. The van der Waals surface area contributed by atoms with Crippen LogP contribution in [-0.2, 0) is 28.8 Å². The Morgan fingerprint density at radius 3 is 2.18 bits per heavy atom. The molecule has 1 fully saturated rings. The summed E-state index contributed by atoms with van der Waals surface area (Å²) >= 11 is 0. The monoisotopic (exact) mass is 485 g/mol. The van der Waals surface area contributed by atoms with E-state index in [4.69, 9.17) is 16.6 Å². The van der Waals surface area contributed by atoms with Crippen LogP contribution in [0.15, 0.2) is 0 Å². The first-order chi connectivity index (χ1) is 15.8. The van der Waals surface area contributed by atoms with Gasteiger partial charge in [-0.15, -0.1) is 0 Å². The van der Waals surface area contributed by atoms with E-state index >= 15 is 0 Å². The number of amides is 4. The minimum absolute atomic E-state index is 0.0152. The topological polar surface area (TPSA) is 222 Å². The first kappa shape index (κ1) is 28.8. The van der Waals surface area contributed by atoms with Crippen molar-refractivity contribution in [3.63, 3.8) is 0 Å². The zero-order valence-corrected chi connectivity index (χ0v) is 19.5. The molecule has 0 aromatic heterocycles. The van der Waals surface area contributed by atoms with E-state index in [0.717, 1.165) is 0 Å². The molecule has 4 unspecified atom stereocenters. The average Bonchev–Trinajstić information content (AvgIpc) is 3.23. The highest BCUT2D eigenvalue weighted by molar-refractivity contribution is 5.94. The maximum absolute atomic E-state index is 13.2. The number of nitrogens with one attached hydrogen (secondary N) is 2. The molecule has 0 spiro atoms. The van der Waals surface area contributed by atoms with Crippen molar-refractivity contribution in [2.75, 3.05) is 6.54 Å². The van der Waals surface area contributed by atoms with Crippen molar-refractivity contribution < 1.29 is 39.0 Å². The quantitative estimate of drug-likeness (QED) is 0.169. The van der Waals surface area contributed by atoms with Crippen LogP contribution in [0.4, 0.5) is 0 Å². The van der Waals surface area contributed by atoms with Gasteiger partial charge in [-0.25, -0.2) is 4.79 Å². The Morgan fingerprint density at radius 1 is 1.00 bits per heavy atom. The van der Waals surface area contributed by atoms with E-state index in [1.165, 1.54) is 4.90 Å². The van der Waals surface area contributed by atoms with E-state index in [-0.39, 0.29) is 44.6 Å². The second-order valence-corrected chi connectivity index (χ2v) is 8.82. The van der Waals surface area contributed by atoms with Crippen LogP contribution >= 0.6 is 0 Å². The van der Waals surface area contributed by atoms with Gasteiger partial charge in [-0.1, -0.05) is 13.8 Å². The van der Waals surface area contributed by atoms with Crippen LogP contribution in [0.25, 0.3) is 0 Å². The molecule has 0 aliphatic carbocycles. The van der Waals surface area contributed by atoms with Crippen molar-refractivity contribution in [2.24, 2.45) is 17.4 Å². The van der Waals surface area contributed by atoms with Crippen molar-refractivity contribution in [1.82, 2.24) is 15.5 Å². The van der Waals surface area contributed by atoms with Gasteiger partial charge in [-0.2, -0.15) is 0 Å². The number of hydrogen-bond donors (Lipinski definition) is 6. The summed E-state index contributed by atoms with van der Waals surface area (Å²) in [5, 5.41) is 23.1. The van der Waals surface area contributed by atoms with E-state index in [1.807, 2.05) is 13.8 Å². The van der Waals surface area contributed by atoms with E-state index < -0.39 is 59.7 Å². The third kappa shape index (κ3) is 9.33. The van der Waals surface area contributed by atoms with Crippen molar-refractivity contribution in [3.05, 3.63) is 0 Å². The lowest BCUT2D eigenvalue weighted by Gasteiger charge is -2.30. The summed E-state index contributed by atoms with van der Waals surface area (Å²) < 4.78 is 0. The average molecular weight is 486 g/mol. The number of carboxylic acids is 2. The lowest BCUT2D eigenvalue weighted by molar-refractivity contribution is -0.145. The van der Waals surface area contributed by atoms with Crippen LogP contribution in [-0.4, -0.2) is 81.4 Å². The molecule has 1 rings (SSSR count). The lowest BCUT2D eigenvalue weighted by atomic mass is 10.0.